The average molecular weight is 416 g/mol. The van der Waals surface area contributed by atoms with Gasteiger partial charge in [-0.1, -0.05) is 11.3 Å². The van der Waals surface area contributed by atoms with Gasteiger partial charge in [0, 0.05) is 18.7 Å². The number of thiophene rings is 1. The number of carbonyl (C=O) groups excluding carboxylic acids is 1. The van der Waals surface area contributed by atoms with Crippen LogP contribution in [0.1, 0.15) is 65.7 Å². The second-order valence-corrected chi connectivity index (χ2v) is 9.60. The van der Waals surface area contributed by atoms with Gasteiger partial charge in [0.2, 0.25) is 0 Å². The number of nitrogen functional groups attached to an aromatic ring is 1. The number of fused-ring (bicyclic) bond motifs is 3. The number of H-pyrrole nitrogens is 1. The minimum Gasteiger partial charge on any atom is -0.397 e. The van der Waals surface area contributed by atoms with Crippen LogP contribution < -0.4 is 20.9 Å². The number of hydrogen-bond acceptors (Lipinski definition) is 5. The van der Waals surface area contributed by atoms with E-state index in [1.54, 1.807) is 0 Å². The molecule has 0 radical (unpaired) electrons. The van der Waals surface area contributed by atoms with E-state index in [4.69, 9.17) is 10.5 Å². The normalized spacial score (nSPS) is 22.1. The molecule has 4 N–H and O–H groups in total. The average Bonchev–Trinajstić information content (AvgIpc) is 3.40. The molecular formula is C22H31N4O2S+. The molecule has 0 bridgehead atoms. The molecule has 6 nitrogen and oxygen atoms in total. The van der Waals surface area contributed by atoms with Crippen LogP contribution in [0.3, 0.4) is 0 Å². The molecule has 29 heavy (non-hydrogen) atoms. The summed E-state index contributed by atoms with van der Waals surface area (Å²) in [6.07, 6.45) is 10.6. The van der Waals surface area contributed by atoms with Crippen molar-refractivity contribution in [1.29, 1.82) is 0 Å². The number of aromatic nitrogens is 1. The number of nitrogens with zero attached hydrogens (tertiary/aromatic N) is 1. The molecule has 7 heteroatoms. The van der Waals surface area contributed by atoms with Gasteiger partial charge in [-0.25, -0.2) is 4.98 Å². The molecule has 2 aromatic heterocycles. The third-order valence-corrected chi connectivity index (χ3v) is 7.75. The molecule has 4 heterocycles. The summed E-state index contributed by atoms with van der Waals surface area (Å²) in [6, 6.07) is 0. The van der Waals surface area contributed by atoms with Crippen molar-refractivity contribution in [2.75, 3.05) is 36.9 Å². The Morgan fingerprint density at radius 3 is 2.69 bits per heavy atom. The van der Waals surface area contributed by atoms with Crippen LogP contribution in [0.15, 0.2) is 0 Å². The predicted octanol–water partition coefficient (Wildman–Crippen LogP) is 3.08. The molecule has 5 rings (SSSR count). The topological polar surface area (TPSA) is 81.7 Å². The summed E-state index contributed by atoms with van der Waals surface area (Å²) in [7, 11) is 0. The summed E-state index contributed by atoms with van der Waals surface area (Å²) in [4.78, 5) is 20.8. The van der Waals surface area contributed by atoms with Crippen molar-refractivity contribution in [3.8, 4) is 0 Å². The van der Waals surface area contributed by atoms with Gasteiger partial charge in [0.25, 0.3) is 11.7 Å². The number of nitrogens with two attached hydrogens (primary N) is 1. The SMILES string of the molecule is Nc1c(C(=O)NC[C@@H]2CCCO2)sc2[nH+]c(N3CCCCC3)c3c(c12)CCCC3. The van der Waals surface area contributed by atoms with E-state index in [0.717, 1.165) is 55.6 Å². The van der Waals surface area contributed by atoms with Gasteiger partial charge in [0.05, 0.1) is 30.3 Å². The van der Waals surface area contributed by atoms with E-state index in [-0.39, 0.29) is 12.0 Å². The Hall–Kier alpha value is -1.86. The minimum atomic E-state index is -0.0725. The third kappa shape index (κ3) is 3.59. The number of amides is 1. The number of ether oxygens (including phenoxy) is 1. The lowest BCUT2D eigenvalue weighted by atomic mass is 9.89. The lowest BCUT2D eigenvalue weighted by Gasteiger charge is -2.26. The molecule has 0 saturated carbocycles. The predicted molar refractivity (Wildman–Crippen MR) is 117 cm³/mol. The first-order valence-electron chi connectivity index (χ1n) is 11.2. The fourth-order valence-electron chi connectivity index (χ4n) is 5.11. The molecule has 1 atom stereocenters. The highest BCUT2D eigenvalue weighted by Crippen LogP contribution is 2.40. The Balaban J connectivity index is 1.50. The highest BCUT2D eigenvalue weighted by Gasteiger charge is 2.31. The number of piperidine rings is 1. The van der Waals surface area contributed by atoms with Crippen LogP contribution in [-0.2, 0) is 17.6 Å². The number of hydrogen-bond donors (Lipinski definition) is 2. The highest BCUT2D eigenvalue weighted by atomic mass is 32.1. The van der Waals surface area contributed by atoms with E-state index >= 15 is 0 Å². The van der Waals surface area contributed by atoms with Crippen LogP contribution in [0.25, 0.3) is 10.2 Å². The molecule has 156 valence electrons. The molecule has 0 spiro atoms. The molecule has 3 aliphatic rings. The molecule has 1 aliphatic carbocycles. The molecule has 0 aromatic carbocycles. The van der Waals surface area contributed by atoms with Crippen molar-refractivity contribution in [2.45, 2.75) is 63.9 Å². The Kier molecular flexibility index (Phi) is 5.35. The van der Waals surface area contributed by atoms with Crippen molar-refractivity contribution in [3.63, 3.8) is 0 Å². The van der Waals surface area contributed by atoms with Crippen LogP contribution in [0.4, 0.5) is 11.5 Å². The summed E-state index contributed by atoms with van der Waals surface area (Å²) >= 11 is 1.51. The first-order chi connectivity index (χ1) is 14.2. The van der Waals surface area contributed by atoms with Crippen LogP contribution in [0.2, 0.25) is 0 Å². The van der Waals surface area contributed by atoms with E-state index < -0.39 is 0 Å². The number of anilines is 2. The zero-order chi connectivity index (χ0) is 19.8. The molecule has 2 aliphatic heterocycles. The maximum absolute atomic E-state index is 12.9. The number of pyridine rings is 1. The first-order valence-corrected chi connectivity index (χ1v) is 12.0. The first kappa shape index (κ1) is 19.1. The Morgan fingerprint density at radius 2 is 1.93 bits per heavy atom. The smallest absolute Gasteiger partial charge is 0.278 e. The number of rotatable bonds is 4. The van der Waals surface area contributed by atoms with Gasteiger partial charge in [-0.15, -0.1) is 0 Å². The molecule has 1 amide bonds. The van der Waals surface area contributed by atoms with E-state index in [1.807, 2.05) is 0 Å². The largest absolute Gasteiger partial charge is 0.397 e. The van der Waals surface area contributed by atoms with E-state index in [0.29, 0.717) is 17.1 Å². The van der Waals surface area contributed by atoms with Crippen LogP contribution >= 0.6 is 11.3 Å². The molecular weight excluding hydrogens is 384 g/mol. The number of nitrogens with one attached hydrogen (secondary N) is 2. The van der Waals surface area contributed by atoms with Crippen LogP contribution in [0.5, 0.6) is 0 Å². The lowest BCUT2D eigenvalue weighted by Crippen LogP contribution is -2.36. The molecule has 2 fully saturated rings. The van der Waals surface area contributed by atoms with Gasteiger partial charge in [-0.2, -0.15) is 0 Å². The Morgan fingerprint density at radius 1 is 1.14 bits per heavy atom. The summed E-state index contributed by atoms with van der Waals surface area (Å²) in [5, 5.41) is 4.13. The standard InChI is InChI=1S/C22H30N4O2S/c23-18-17-15-8-2-3-9-16(15)20(26-10-4-1-5-11-26)25-22(17)29-19(18)21(27)24-13-14-7-6-12-28-14/h14H,1-13,23H2,(H,24,27)/p+1/t14-/m0/s1. The Labute approximate surface area is 175 Å². The Bertz CT molecular complexity index is 913. The van der Waals surface area contributed by atoms with Crippen molar-refractivity contribution in [2.24, 2.45) is 0 Å². The summed E-state index contributed by atoms with van der Waals surface area (Å²) in [5.41, 5.74) is 10.0. The van der Waals surface area contributed by atoms with Crippen LogP contribution in [0, 0.1) is 0 Å². The van der Waals surface area contributed by atoms with Gasteiger partial charge in [-0.3, -0.25) is 9.69 Å². The minimum absolute atomic E-state index is 0.0725. The number of aromatic amines is 1. The maximum Gasteiger partial charge on any atom is 0.278 e. The molecule has 0 unspecified atom stereocenters. The lowest BCUT2D eigenvalue weighted by molar-refractivity contribution is -0.328. The number of carbonyl (C=O) groups is 1. The second-order valence-electron chi connectivity index (χ2n) is 8.58. The third-order valence-electron chi connectivity index (χ3n) is 6.63. The summed E-state index contributed by atoms with van der Waals surface area (Å²) < 4.78 is 5.63. The monoisotopic (exact) mass is 415 g/mol. The zero-order valence-electron chi connectivity index (χ0n) is 17.0. The van der Waals surface area contributed by atoms with E-state index in [2.05, 4.69) is 15.2 Å². The fraction of sp³-hybridized carbons (Fsp3) is 0.636. The van der Waals surface area contributed by atoms with E-state index in [1.165, 1.54) is 60.4 Å². The van der Waals surface area contributed by atoms with Crippen molar-refractivity contribution >= 4 is 39.0 Å². The fourth-order valence-corrected chi connectivity index (χ4v) is 6.17. The second kappa shape index (κ2) is 8.11. The van der Waals surface area contributed by atoms with Crippen molar-refractivity contribution in [1.82, 2.24) is 5.32 Å². The quantitative estimate of drug-likeness (QED) is 0.804. The molecule has 2 saturated heterocycles. The van der Waals surface area contributed by atoms with Gasteiger partial charge in [0.15, 0.2) is 4.83 Å². The number of aryl methyl sites for hydroxylation is 1. The zero-order valence-corrected chi connectivity index (χ0v) is 17.8. The summed E-state index contributed by atoms with van der Waals surface area (Å²) in [6.45, 7) is 3.59. The van der Waals surface area contributed by atoms with Crippen molar-refractivity contribution in [3.05, 3.63) is 16.0 Å². The van der Waals surface area contributed by atoms with Gasteiger partial charge in [-0.05, 0) is 63.4 Å². The highest BCUT2D eigenvalue weighted by molar-refractivity contribution is 7.20. The van der Waals surface area contributed by atoms with Crippen LogP contribution in [-0.4, -0.2) is 38.3 Å². The van der Waals surface area contributed by atoms with Crippen molar-refractivity contribution < 1.29 is 14.5 Å². The molecule has 2 aromatic rings. The van der Waals surface area contributed by atoms with E-state index in [9.17, 15) is 4.79 Å². The maximum atomic E-state index is 12.9. The summed E-state index contributed by atoms with van der Waals surface area (Å²) in [5.74, 6) is 1.20. The van der Waals surface area contributed by atoms with Gasteiger partial charge < -0.3 is 15.8 Å². The van der Waals surface area contributed by atoms with Gasteiger partial charge >= 0.3 is 0 Å². The van der Waals surface area contributed by atoms with Gasteiger partial charge in [0.1, 0.15) is 4.88 Å².